The smallest absolute Gasteiger partial charge is 0.305 e. The second-order valence-corrected chi connectivity index (χ2v) is 7.84. The Morgan fingerprint density at radius 1 is 1.46 bits per heavy atom. The van der Waals surface area contributed by atoms with Crippen LogP contribution in [0.3, 0.4) is 0 Å². The molecule has 1 saturated heterocycles. The summed E-state index contributed by atoms with van der Waals surface area (Å²) in [5.74, 6) is 0.256. The number of carbonyl (C=O) groups is 2. The number of amides is 1. The largest absolute Gasteiger partial charge is 0.481 e. The molecular weight excluding hydrogens is 346 g/mol. The Morgan fingerprint density at radius 3 is 2.92 bits per heavy atom. The van der Waals surface area contributed by atoms with Crippen molar-refractivity contribution in [3.63, 3.8) is 0 Å². The molecule has 0 aromatic heterocycles. The van der Waals surface area contributed by atoms with Crippen LogP contribution in [0.1, 0.15) is 25.8 Å². The van der Waals surface area contributed by atoms with Crippen LogP contribution in [0.4, 0.5) is 0 Å². The zero-order valence-electron chi connectivity index (χ0n) is 13.4. The summed E-state index contributed by atoms with van der Waals surface area (Å²) in [6.07, 6.45) is 1.42. The molecule has 1 aromatic carbocycles. The maximum Gasteiger partial charge on any atom is 0.305 e. The molecular formula is C16H19N3O3S2. The molecule has 0 bridgehead atoms. The maximum atomic E-state index is 11.6. The maximum absolute atomic E-state index is 11.6. The predicted octanol–water partition coefficient (Wildman–Crippen LogP) is 2.83. The molecule has 0 radical (unpaired) electrons. The van der Waals surface area contributed by atoms with E-state index in [1.165, 1.54) is 0 Å². The number of rotatable bonds is 7. The number of nitrogens with zero attached hydrogens (tertiary/aromatic N) is 2. The van der Waals surface area contributed by atoms with Crippen molar-refractivity contribution in [3.8, 4) is 0 Å². The number of benzene rings is 1. The number of carbonyl (C=O) groups excluding carboxylic acids is 1. The van der Waals surface area contributed by atoms with Gasteiger partial charge in [0.15, 0.2) is 5.17 Å². The number of amidine groups is 1. The van der Waals surface area contributed by atoms with Crippen molar-refractivity contribution >= 4 is 46.8 Å². The lowest BCUT2D eigenvalue weighted by molar-refractivity contribution is -0.138. The molecule has 1 aliphatic heterocycles. The average Bonchev–Trinajstić information content (AvgIpc) is 2.85. The fraction of sp³-hybridized carbons (Fsp3) is 0.375. The van der Waals surface area contributed by atoms with Gasteiger partial charge in [-0.1, -0.05) is 43.8 Å². The van der Waals surface area contributed by atoms with Gasteiger partial charge in [-0.2, -0.15) is 5.10 Å². The van der Waals surface area contributed by atoms with Crippen LogP contribution in [0.2, 0.25) is 0 Å². The third-order valence-corrected chi connectivity index (χ3v) is 5.56. The summed E-state index contributed by atoms with van der Waals surface area (Å²) in [5, 5.41) is 19.0. The Balaban J connectivity index is 2.01. The van der Waals surface area contributed by atoms with Crippen LogP contribution in [0.25, 0.3) is 0 Å². The predicted molar refractivity (Wildman–Crippen MR) is 98.8 cm³/mol. The number of thioether (sulfide) groups is 2. The van der Waals surface area contributed by atoms with Crippen molar-refractivity contribution in [2.75, 3.05) is 5.75 Å². The van der Waals surface area contributed by atoms with Gasteiger partial charge in [-0.05, 0) is 12.0 Å². The van der Waals surface area contributed by atoms with Crippen LogP contribution in [0, 0.1) is 5.92 Å². The fourth-order valence-electron chi connectivity index (χ4n) is 1.86. The fourth-order valence-corrected chi connectivity index (χ4v) is 3.75. The second-order valence-electron chi connectivity index (χ2n) is 5.59. The third-order valence-electron chi connectivity index (χ3n) is 2.97. The van der Waals surface area contributed by atoms with Crippen molar-refractivity contribution in [2.24, 2.45) is 16.1 Å². The topological polar surface area (TPSA) is 91.1 Å². The Hall–Kier alpha value is -1.80. The van der Waals surface area contributed by atoms with E-state index >= 15 is 0 Å². The molecule has 2 rings (SSSR count). The van der Waals surface area contributed by atoms with E-state index in [4.69, 9.17) is 5.11 Å². The Labute approximate surface area is 149 Å². The average molecular weight is 365 g/mol. The van der Waals surface area contributed by atoms with E-state index in [1.807, 2.05) is 24.3 Å². The van der Waals surface area contributed by atoms with E-state index < -0.39 is 11.2 Å². The molecule has 1 aliphatic rings. The zero-order valence-corrected chi connectivity index (χ0v) is 15.1. The van der Waals surface area contributed by atoms with E-state index in [0.717, 1.165) is 28.0 Å². The Bertz CT molecular complexity index is 674. The zero-order chi connectivity index (χ0) is 17.5. The van der Waals surface area contributed by atoms with E-state index in [0.29, 0.717) is 11.1 Å². The normalized spacial score (nSPS) is 19.4. The van der Waals surface area contributed by atoms with Crippen LogP contribution < -0.4 is 5.32 Å². The first-order chi connectivity index (χ1) is 11.5. The van der Waals surface area contributed by atoms with Crippen LogP contribution in [-0.4, -0.2) is 39.4 Å². The summed E-state index contributed by atoms with van der Waals surface area (Å²) < 4.78 is 0. The Kier molecular flexibility index (Phi) is 6.86. The quantitative estimate of drug-likeness (QED) is 0.440. The molecule has 1 amide bonds. The summed E-state index contributed by atoms with van der Waals surface area (Å²) in [4.78, 5) is 23.4. The minimum Gasteiger partial charge on any atom is -0.481 e. The highest BCUT2D eigenvalue weighted by Gasteiger charge is 2.32. The third kappa shape index (κ3) is 5.68. The van der Waals surface area contributed by atoms with Crippen LogP contribution >= 0.6 is 23.5 Å². The highest BCUT2D eigenvalue weighted by atomic mass is 32.2. The number of carboxylic acid groups (broad SMARTS) is 1. The first-order valence-electron chi connectivity index (χ1n) is 7.48. The van der Waals surface area contributed by atoms with Gasteiger partial charge in [0.1, 0.15) is 5.25 Å². The number of aliphatic carboxylic acids is 1. The summed E-state index contributed by atoms with van der Waals surface area (Å²) >= 11 is 2.86. The lowest BCUT2D eigenvalue weighted by Gasteiger charge is -2.06. The van der Waals surface area contributed by atoms with Gasteiger partial charge >= 0.3 is 5.97 Å². The molecule has 6 nitrogen and oxygen atoms in total. The van der Waals surface area contributed by atoms with Gasteiger partial charge in [-0.15, -0.1) is 16.9 Å². The minimum absolute atomic E-state index is 0.228. The van der Waals surface area contributed by atoms with Gasteiger partial charge in [0.25, 0.3) is 0 Å². The van der Waals surface area contributed by atoms with Crippen molar-refractivity contribution < 1.29 is 14.7 Å². The summed E-state index contributed by atoms with van der Waals surface area (Å²) in [6.45, 7) is 4.34. The van der Waals surface area contributed by atoms with Crippen molar-refractivity contribution in [2.45, 2.75) is 30.4 Å². The van der Waals surface area contributed by atoms with E-state index in [9.17, 15) is 9.59 Å². The highest BCUT2D eigenvalue weighted by Crippen LogP contribution is 2.24. The lowest BCUT2D eigenvalue weighted by atomic mass is 10.2. The molecule has 1 unspecified atom stereocenters. The molecule has 24 heavy (non-hydrogen) atoms. The van der Waals surface area contributed by atoms with Crippen LogP contribution in [0.5, 0.6) is 0 Å². The second kappa shape index (κ2) is 8.89. The molecule has 0 aliphatic carbocycles. The van der Waals surface area contributed by atoms with E-state index in [2.05, 4.69) is 29.4 Å². The SMILES string of the molecule is CC(C)CSc1ccccc1C=NN=C1NC(=O)C(CC(=O)O)S1. The van der Waals surface area contributed by atoms with E-state index in [1.54, 1.807) is 18.0 Å². The summed E-state index contributed by atoms with van der Waals surface area (Å²) in [7, 11) is 0. The van der Waals surface area contributed by atoms with Crippen molar-refractivity contribution in [3.05, 3.63) is 29.8 Å². The molecule has 1 heterocycles. The molecule has 8 heteroatoms. The molecule has 1 aromatic rings. The lowest BCUT2D eigenvalue weighted by Crippen LogP contribution is -2.26. The molecule has 1 fully saturated rings. The molecule has 2 N–H and O–H groups in total. The number of nitrogens with one attached hydrogen (secondary N) is 1. The molecule has 0 spiro atoms. The number of carboxylic acids is 1. The summed E-state index contributed by atoms with van der Waals surface area (Å²) in [6, 6.07) is 7.91. The van der Waals surface area contributed by atoms with Gasteiger partial charge in [-0.3, -0.25) is 9.59 Å². The molecule has 0 saturated carbocycles. The Morgan fingerprint density at radius 2 is 2.21 bits per heavy atom. The van der Waals surface area contributed by atoms with Crippen LogP contribution in [-0.2, 0) is 9.59 Å². The first-order valence-corrected chi connectivity index (χ1v) is 9.34. The standard InChI is InChI=1S/C16H19N3O3S2/c1-10(2)9-23-12-6-4-3-5-11(12)8-17-19-16-18-15(22)13(24-16)7-14(20)21/h3-6,8,10,13H,7,9H2,1-2H3,(H,20,21)(H,18,19,22). The number of hydrogen-bond acceptors (Lipinski definition) is 6. The monoisotopic (exact) mass is 365 g/mol. The number of hydrogen-bond donors (Lipinski definition) is 2. The van der Waals surface area contributed by atoms with E-state index in [-0.39, 0.29) is 12.3 Å². The summed E-state index contributed by atoms with van der Waals surface area (Å²) in [5.41, 5.74) is 0.962. The van der Waals surface area contributed by atoms with Gasteiger partial charge in [0.05, 0.1) is 12.6 Å². The van der Waals surface area contributed by atoms with Crippen molar-refractivity contribution in [1.82, 2.24) is 5.32 Å². The van der Waals surface area contributed by atoms with Gasteiger partial charge in [0.2, 0.25) is 5.91 Å². The minimum atomic E-state index is -1.01. The van der Waals surface area contributed by atoms with Gasteiger partial charge < -0.3 is 10.4 Å². The molecule has 128 valence electrons. The molecule has 1 atom stereocenters. The van der Waals surface area contributed by atoms with Crippen molar-refractivity contribution in [1.29, 1.82) is 0 Å². The van der Waals surface area contributed by atoms with Crippen LogP contribution in [0.15, 0.2) is 39.4 Å². The van der Waals surface area contributed by atoms with Gasteiger partial charge in [0, 0.05) is 16.2 Å². The highest BCUT2D eigenvalue weighted by molar-refractivity contribution is 8.15. The first kappa shape index (κ1) is 18.5. The van der Waals surface area contributed by atoms with Gasteiger partial charge in [-0.25, -0.2) is 0 Å².